The van der Waals surface area contributed by atoms with Crippen molar-refractivity contribution in [2.24, 2.45) is 0 Å². The van der Waals surface area contributed by atoms with Crippen LogP contribution in [0.15, 0.2) is 48.5 Å². The van der Waals surface area contributed by atoms with Crippen LogP contribution in [0.25, 0.3) is 0 Å². The summed E-state index contributed by atoms with van der Waals surface area (Å²) in [5, 5.41) is 5.41. The third-order valence-corrected chi connectivity index (χ3v) is 4.25. The molecule has 1 fully saturated rings. The summed E-state index contributed by atoms with van der Waals surface area (Å²) in [5.41, 5.74) is -0.102. The molecule has 1 unspecified atom stereocenters. The molecular weight excluding hydrogens is 373 g/mol. The monoisotopic (exact) mass is 394 g/mol. The lowest BCUT2D eigenvalue weighted by atomic mass is 10.2. The predicted molar refractivity (Wildman–Crippen MR) is 99.5 cm³/mol. The van der Waals surface area contributed by atoms with E-state index >= 15 is 0 Å². The molecule has 1 atom stereocenters. The number of amides is 1. The van der Waals surface area contributed by atoms with E-state index in [0.717, 1.165) is 31.6 Å². The maximum Gasteiger partial charge on any atom is 0.416 e. The van der Waals surface area contributed by atoms with Crippen molar-refractivity contribution in [3.05, 3.63) is 54.1 Å². The molecule has 0 aromatic heterocycles. The van der Waals surface area contributed by atoms with Gasteiger partial charge in [-0.15, -0.1) is 0 Å². The zero-order chi connectivity index (χ0) is 20.0. The summed E-state index contributed by atoms with van der Waals surface area (Å²) < 4.78 is 49.6. The van der Waals surface area contributed by atoms with E-state index < -0.39 is 17.6 Å². The molecule has 0 aliphatic carbocycles. The summed E-state index contributed by atoms with van der Waals surface area (Å²) in [5.74, 6) is 0.123. The van der Waals surface area contributed by atoms with Crippen LogP contribution in [0.2, 0.25) is 0 Å². The summed E-state index contributed by atoms with van der Waals surface area (Å²) in [7, 11) is 0. The van der Waals surface area contributed by atoms with E-state index in [0.29, 0.717) is 18.0 Å². The average Bonchev–Trinajstić information content (AvgIpc) is 3.18. The van der Waals surface area contributed by atoms with E-state index in [1.54, 1.807) is 18.2 Å². The maximum atomic E-state index is 12.8. The summed E-state index contributed by atoms with van der Waals surface area (Å²) in [4.78, 5) is 12.1. The largest absolute Gasteiger partial charge is 0.489 e. The van der Waals surface area contributed by atoms with Gasteiger partial charge in [0.1, 0.15) is 12.4 Å². The molecule has 28 heavy (non-hydrogen) atoms. The number of hydrogen-bond donors (Lipinski definition) is 2. The van der Waals surface area contributed by atoms with Gasteiger partial charge in [-0.25, -0.2) is 0 Å². The van der Waals surface area contributed by atoms with E-state index in [-0.39, 0.29) is 18.3 Å². The fourth-order valence-electron chi connectivity index (χ4n) is 2.85. The van der Waals surface area contributed by atoms with Gasteiger partial charge in [-0.3, -0.25) is 4.79 Å². The van der Waals surface area contributed by atoms with Crippen molar-refractivity contribution in [3.8, 4) is 5.75 Å². The van der Waals surface area contributed by atoms with Crippen LogP contribution in [0, 0.1) is 0 Å². The van der Waals surface area contributed by atoms with Gasteiger partial charge >= 0.3 is 6.18 Å². The van der Waals surface area contributed by atoms with Crippen molar-refractivity contribution in [3.63, 3.8) is 0 Å². The maximum absolute atomic E-state index is 12.8. The molecule has 1 amide bonds. The Morgan fingerprint density at radius 2 is 2.00 bits per heavy atom. The highest BCUT2D eigenvalue weighted by atomic mass is 19.4. The minimum atomic E-state index is -4.46. The number of benzene rings is 2. The first-order chi connectivity index (χ1) is 13.4. The van der Waals surface area contributed by atoms with E-state index in [1.807, 2.05) is 6.07 Å². The van der Waals surface area contributed by atoms with Gasteiger partial charge in [-0.1, -0.05) is 18.2 Å². The van der Waals surface area contributed by atoms with E-state index in [9.17, 15) is 18.0 Å². The second-order valence-electron chi connectivity index (χ2n) is 6.42. The smallest absolute Gasteiger partial charge is 0.416 e. The highest BCUT2D eigenvalue weighted by Crippen LogP contribution is 2.30. The first-order valence-electron chi connectivity index (χ1n) is 8.96. The van der Waals surface area contributed by atoms with Crippen molar-refractivity contribution in [2.45, 2.75) is 25.1 Å². The Labute approximate surface area is 160 Å². The topological polar surface area (TPSA) is 59.6 Å². The first kappa shape index (κ1) is 20.0. The van der Waals surface area contributed by atoms with Crippen molar-refractivity contribution in [1.29, 1.82) is 0 Å². The van der Waals surface area contributed by atoms with Crippen molar-refractivity contribution in [1.82, 2.24) is 0 Å². The number of para-hydroxylation sites is 2. The summed E-state index contributed by atoms with van der Waals surface area (Å²) in [6.45, 7) is 1.05. The molecule has 1 heterocycles. The fourth-order valence-corrected chi connectivity index (χ4v) is 2.85. The van der Waals surface area contributed by atoms with Gasteiger partial charge in [0.2, 0.25) is 5.91 Å². The van der Waals surface area contributed by atoms with Crippen LogP contribution in [0.3, 0.4) is 0 Å². The lowest BCUT2D eigenvalue weighted by Crippen LogP contribution is -2.22. The molecule has 2 N–H and O–H groups in total. The van der Waals surface area contributed by atoms with Gasteiger partial charge in [0, 0.05) is 12.3 Å². The van der Waals surface area contributed by atoms with Crippen LogP contribution >= 0.6 is 0 Å². The van der Waals surface area contributed by atoms with Crippen molar-refractivity contribution < 1.29 is 27.4 Å². The number of hydrogen-bond acceptors (Lipinski definition) is 4. The molecule has 0 bridgehead atoms. The van der Waals surface area contributed by atoms with Gasteiger partial charge in [0.05, 0.1) is 23.9 Å². The number of rotatable bonds is 7. The van der Waals surface area contributed by atoms with Gasteiger partial charge < -0.3 is 20.1 Å². The Bertz CT molecular complexity index is 805. The standard InChI is InChI=1S/C20H21F3N2O3/c21-20(22,23)14-5-3-6-15(11-14)25-19(26)12-24-17-8-1-2-9-18(17)28-13-16-7-4-10-27-16/h1-3,5-6,8-9,11,16,24H,4,7,10,12-13H2,(H,25,26). The molecule has 0 spiro atoms. The highest BCUT2D eigenvalue weighted by Gasteiger charge is 2.30. The van der Waals surface area contributed by atoms with Crippen LogP contribution in [0.1, 0.15) is 18.4 Å². The minimum absolute atomic E-state index is 0.0669. The molecule has 150 valence electrons. The normalized spacial score (nSPS) is 16.6. The lowest BCUT2D eigenvalue weighted by Gasteiger charge is -2.16. The Morgan fingerprint density at radius 1 is 1.18 bits per heavy atom. The highest BCUT2D eigenvalue weighted by molar-refractivity contribution is 5.94. The third-order valence-electron chi connectivity index (χ3n) is 4.25. The predicted octanol–water partition coefficient (Wildman–Crippen LogP) is 4.31. The van der Waals surface area contributed by atoms with E-state index in [4.69, 9.17) is 9.47 Å². The molecule has 1 saturated heterocycles. The molecule has 0 saturated carbocycles. The quantitative estimate of drug-likeness (QED) is 0.735. The molecule has 5 nitrogen and oxygen atoms in total. The van der Waals surface area contributed by atoms with Crippen LogP contribution in [0.4, 0.5) is 24.5 Å². The van der Waals surface area contributed by atoms with Crippen molar-refractivity contribution in [2.75, 3.05) is 30.4 Å². The van der Waals surface area contributed by atoms with Gasteiger partial charge in [-0.2, -0.15) is 13.2 Å². The molecule has 2 aromatic rings. The summed E-state index contributed by atoms with van der Waals surface area (Å²) >= 11 is 0. The lowest BCUT2D eigenvalue weighted by molar-refractivity contribution is -0.137. The SMILES string of the molecule is O=C(CNc1ccccc1OCC1CCCO1)Nc1cccc(C(F)(F)F)c1. The molecule has 8 heteroatoms. The number of alkyl halides is 3. The number of halogens is 3. The zero-order valence-corrected chi connectivity index (χ0v) is 15.1. The Morgan fingerprint density at radius 3 is 2.75 bits per heavy atom. The molecule has 1 aliphatic rings. The van der Waals surface area contributed by atoms with Crippen molar-refractivity contribution >= 4 is 17.3 Å². The van der Waals surface area contributed by atoms with Crippen LogP contribution in [-0.2, 0) is 15.7 Å². The average molecular weight is 394 g/mol. The van der Waals surface area contributed by atoms with Crippen LogP contribution in [0.5, 0.6) is 5.75 Å². The van der Waals surface area contributed by atoms with Gasteiger partial charge in [0.25, 0.3) is 0 Å². The number of carbonyl (C=O) groups is 1. The number of nitrogens with one attached hydrogen (secondary N) is 2. The number of carbonyl (C=O) groups excluding carboxylic acids is 1. The Kier molecular flexibility index (Phi) is 6.41. The molecule has 0 radical (unpaired) electrons. The van der Waals surface area contributed by atoms with E-state index in [2.05, 4.69) is 10.6 Å². The number of ether oxygens (including phenoxy) is 2. The molecule has 3 rings (SSSR count). The van der Waals surface area contributed by atoms with Crippen LogP contribution in [-0.4, -0.2) is 31.8 Å². The second kappa shape index (κ2) is 8.97. The Balaban J connectivity index is 1.54. The first-order valence-corrected chi connectivity index (χ1v) is 8.96. The number of anilines is 2. The van der Waals surface area contributed by atoms with Gasteiger partial charge in [0.15, 0.2) is 0 Å². The summed E-state index contributed by atoms with van der Waals surface area (Å²) in [6.07, 6.45) is -2.42. The van der Waals surface area contributed by atoms with E-state index in [1.165, 1.54) is 12.1 Å². The second-order valence-corrected chi connectivity index (χ2v) is 6.42. The van der Waals surface area contributed by atoms with Gasteiger partial charge in [-0.05, 0) is 43.2 Å². The van der Waals surface area contributed by atoms with Crippen LogP contribution < -0.4 is 15.4 Å². The minimum Gasteiger partial charge on any atom is -0.489 e. The molecule has 2 aromatic carbocycles. The molecule has 1 aliphatic heterocycles. The summed E-state index contributed by atoms with van der Waals surface area (Å²) in [6, 6.07) is 11.7. The Hall–Kier alpha value is -2.74. The fraction of sp³-hybridized carbons (Fsp3) is 0.350. The molecular formula is C20H21F3N2O3. The third kappa shape index (κ3) is 5.63. The zero-order valence-electron chi connectivity index (χ0n) is 15.1.